The maximum absolute atomic E-state index is 14.3. The van der Waals surface area contributed by atoms with Crippen molar-refractivity contribution in [2.45, 2.75) is 111 Å². The fourth-order valence-electron chi connectivity index (χ4n) is 4.52. The van der Waals surface area contributed by atoms with Crippen molar-refractivity contribution in [3.63, 3.8) is 0 Å². The Labute approximate surface area is 257 Å². The van der Waals surface area contributed by atoms with Gasteiger partial charge in [0, 0.05) is 13.1 Å². The molecule has 1 rings (SSSR count). The van der Waals surface area contributed by atoms with Crippen LogP contribution in [0.2, 0.25) is 0 Å². The number of carbonyl (C=O) groups excluding carboxylic acids is 4. The van der Waals surface area contributed by atoms with Crippen LogP contribution in [0.25, 0.3) is 0 Å². The van der Waals surface area contributed by atoms with Crippen LogP contribution in [-0.4, -0.2) is 72.1 Å². The molecule has 2 atom stereocenters. The Kier molecular flexibility index (Phi) is 17.3. The summed E-state index contributed by atoms with van der Waals surface area (Å²) >= 11 is 1.57. The molecule has 0 radical (unpaired) electrons. The van der Waals surface area contributed by atoms with Gasteiger partial charge >= 0.3 is 12.1 Å². The van der Waals surface area contributed by atoms with Crippen molar-refractivity contribution in [2.75, 3.05) is 31.7 Å². The van der Waals surface area contributed by atoms with Crippen molar-refractivity contribution in [1.29, 1.82) is 0 Å². The number of rotatable bonds is 18. The first-order valence-electron chi connectivity index (χ1n) is 15.1. The summed E-state index contributed by atoms with van der Waals surface area (Å²) in [6.45, 7) is 13.7. The highest BCUT2D eigenvalue weighted by atomic mass is 32.2. The van der Waals surface area contributed by atoms with Crippen LogP contribution in [0, 0.1) is 13.8 Å². The highest BCUT2D eigenvalue weighted by Gasteiger charge is 2.36. The first-order chi connectivity index (χ1) is 19.8. The van der Waals surface area contributed by atoms with E-state index in [4.69, 9.17) is 9.47 Å². The van der Waals surface area contributed by atoms with Crippen molar-refractivity contribution in [3.05, 3.63) is 34.9 Å². The minimum Gasteiger partial charge on any atom is -0.466 e. The molecule has 42 heavy (non-hydrogen) atoms. The molecule has 0 aliphatic carbocycles. The number of nitrogens with zero attached hydrogens (tertiary/aromatic N) is 1. The molecule has 10 heteroatoms. The minimum absolute atomic E-state index is 0.0284. The van der Waals surface area contributed by atoms with Crippen molar-refractivity contribution in [2.24, 2.45) is 0 Å². The summed E-state index contributed by atoms with van der Waals surface area (Å²) in [5.41, 5.74) is 1.82. The van der Waals surface area contributed by atoms with E-state index in [1.807, 2.05) is 38.3 Å². The summed E-state index contributed by atoms with van der Waals surface area (Å²) < 4.78 is 10.5. The zero-order chi connectivity index (χ0) is 31.7. The number of esters is 1. The number of unbranched alkanes of at least 4 members (excludes halogenated alkanes) is 4. The molecule has 2 unspecified atom stereocenters. The predicted molar refractivity (Wildman–Crippen MR) is 170 cm³/mol. The highest BCUT2D eigenvalue weighted by Crippen LogP contribution is 2.28. The molecule has 0 fully saturated rings. The molecule has 2 N–H and O–H groups in total. The average Bonchev–Trinajstić information content (AvgIpc) is 2.90. The molecule has 0 spiro atoms. The summed E-state index contributed by atoms with van der Waals surface area (Å²) in [7, 11) is 0. The molecular formula is C32H53N3O6S. The second kappa shape index (κ2) is 19.4. The van der Waals surface area contributed by atoms with Crippen LogP contribution < -0.4 is 10.6 Å². The fourth-order valence-corrected chi connectivity index (χ4v) is 4.99. The lowest BCUT2D eigenvalue weighted by Crippen LogP contribution is -2.53. The number of amides is 3. The number of thioether (sulfide) groups is 1. The van der Waals surface area contributed by atoms with Crippen LogP contribution in [0.1, 0.15) is 102 Å². The normalized spacial score (nSPS) is 12.7. The van der Waals surface area contributed by atoms with E-state index >= 15 is 0 Å². The number of carbonyl (C=O) groups is 4. The van der Waals surface area contributed by atoms with Crippen LogP contribution in [0.15, 0.2) is 18.2 Å². The van der Waals surface area contributed by atoms with E-state index in [0.717, 1.165) is 36.8 Å². The molecule has 9 nitrogen and oxygen atoms in total. The zero-order valence-electron chi connectivity index (χ0n) is 27.0. The van der Waals surface area contributed by atoms with E-state index in [1.165, 1.54) is 0 Å². The summed E-state index contributed by atoms with van der Waals surface area (Å²) in [5, 5.41) is 5.65. The second-order valence-electron chi connectivity index (χ2n) is 11.5. The van der Waals surface area contributed by atoms with Gasteiger partial charge in [-0.25, -0.2) is 4.79 Å². The van der Waals surface area contributed by atoms with E-state index in [-0.39, 0.29) is 31.4 Å². The van der Waals surface area contributed by atoms with Gasteiger partial charge in [-0.15, -0.1) is 0 Å². The van der Waals surface area contributed by atoms with Crippen LogP contribution in [-0.2, 0) is 23.9 Å². The molecule has 0 aromatic heterocycles. The van der Waals surface area contributed by atoms with Crippen molar-refractivity contribution < 1.29 is 28.7 Å². The van der Waals surface area contributed by atoms with E-state index in [9.17, 15) is 19.2 Å². The summed E-state index contributed by atoms with van der Waals surface area (Å²) in [6, 6.07) is 4.03. The van der Waals surface area contributed by atoms with Crippen LogP contribution in [0.3, 0.4) is 0 Å². The molecule has 0 saturated carbocycles. The fraction of sp³-hybridized carbons (Fsp3) is 0.688. The highest BCUT2D eigenvalue weighted by molar-refractivity contribution is 7.98. The average molecular weight is 608 g/mol. The quantitative estimate of drug-likeness (QED) is 0.159. The van der Waals surface area contributed by atoms with Gasteiger partial charge in [-0.3, -0.25) is 14.4 Å². The third kappa shape index (κ3) is 13.9. The Morgan fingerprint density at radius 2 is 1.71 bits per heavy atom. The first-order valence-corrected chi connectivity index (χ1v) is 16.5. The lowest BCUT2D eigenvalue weighted by molar-refractivity contribution is -0.144. The number of benzene rings is 1. The monoisotopic (exact) mass is 607 g/mol. The SMILES string of the molecule is CCCCCCCN(C(=O)C(CCSC)NC(=O)OC(C)(C)C)C(C(=O)NCCC(=O)OCC)c1cc(C)ccc1C. The third-order valence-electron chi connectivity index (χ3n) is 6.61. The zero-order valence-corrected chi connectivity index (χ0v) is 27.8. The smallest absolute Gasteiger partial charge is 0.408 e. The Balaban J connectivity index is 3.50. The minimum atomic E-state index is -0.942. The number of ether oxygens (including phenoxy) is 2. The maximum atomic E-state index is 14.3. The molecular weight excluding hydrogens is 554 g/mol. The Bertz CT molecular complexity index is 1010. The number of aryl methyl sites for hydroxylation is 2. The summed E-state index contributed by atoms with van der Waals surface area (Å²) in [5.74, 6) is -0.479. The van der Waals surface area contributed by atoms with Gasteiger partial charge in [0.1, 0.15) is 17.7 Å². The van der Waals surface area contributed by atoms with Gasteiger partial charge in [0.25, 0.3) is 0 Å². The molecule has 238 valence electrons. The first kappa shape index (κ1) is 37.3. The van der Waals surface area contributed by atoms with Crippen molar-refractivity contribution in [3.8, 4) is 0 Å². The molecule has 3 amide bonds. The van der Waals surface area contributed by atoms with Crippen LogP contribution in [0.5, 0.6) is 0 Å². The van der Waals surface area contributed by atoms with E-state index in [1.54, 1.807) is 44.4 Å². The van der Waals surface area contributed by atoms with Crippen LogP contribution >= 0.6 is 11.8 Å². The molecule has 0 bridgehead atoms. The number of hydrogen-bond acceptors (Lipinski definition) is 7. The van der Waals surface area contributed by atoms with Crippen molar-refractivity contribution in [1.82, 2.24) is 15.5 Å². The Morgan fingerprint density at radius 1 is 1.02 bits per heavy atom. The second-order valence-corrected chi connectivity index (χ2v) is 12.5. The molecule has 1 aromatic rings. The topological polar surface area (TPSA) is 114 Å². The Hall–Kier alpha value is -2.75. The van der Waals surface area contributed by atoms with Crippen molar-refractivity contribution >= 4 is 35.6 Å². The number of nitrogens with one attached hydrogen (secondary N) is 2. The number of alkyl carbamates (subject to hydrolysis) is 1. The molecule has 0 saturated heterocycles. The van der Waals surface area contributed by atoms with Gasteiger partial charge in [-0.2, -0.15) is 11.8 Å². The van der Waals surface area contributed by atoms with E-state index < -0.39 is 29.7 Å². The summed E-state index contributed by atoms with van der Waals surface area (Å²) in [6.07, 6.45) is 6.53. The Morgan fingerprint density at radius 3 is 2.33 bits per heavy atom. The van der Waals surface area contributed by atoms with E-state index in [2.05, 4.69) is 17.6 Å². The van der Waals surface area contributed by atoms with Crippen LogP contribution in [0.4, 0.5) is 4.79 Å². The van der Waals surface area contributed by atoms with Gasteiger partial charge < -0.3 is 25.0 Å². The lowest BCUT2D eigenvalue weighted by Gasteiger charge is -2.35. The van der Waals surface area contributed by atoms with Gasteiger partial charge in [-0.1, -0.05) is 56.4 Å². The largest absolute Gasteiger partial charge is 0.466 e. The van der Waals surface area contributed by atoms with Gasteiger partial charge in [0.2, 0.25) is 11.8 Å². The third-order valence-corrected chi connectivity index (χ3v) is 7.25. The standard InChI is InChI=1S/C32H53N3O6S/c1-9-11-12-13-14-20-35(30(38)26(18-21-42-8)34-31(39)41-32(5,6)7)28(25-22-23(3)15-16-24(25)4)29(37)33-19-17-27(36)40-10-2/h15-16,22,26,28H,9-14,17-21H2,1-8H3,(H,33,37)(H,34,39). The molecule has 0 aliphatic rings. The number of hydrogen-bond donors (Lipinski definition) is 2. The maximum Gasteiger partial charge on any atom is 0.408 e. The lowest BCUT2D eigenvalue weighted by atomic mass is 9.95. The van der Waals surface area contributed by atoms with E-state index in [0.29, 0.717) is 30.7 Å². The van der Waals surface area contributed by atoms with Gasteiger partial charge in [0.05, 0.1) is 13.0 Å². The van der Waals surface area contributed by atoms with Gasteiger partial charge in [0.15, 0.2) is 0 Å². The van der Waals surface area contributed by atoms with Gasteiger partial charge in [-0.05, 0) is 77.5 Å². The molecule has 1 aromatic carbocycles. The summed E-state index contributed by atoms with van der Waals surface area (Å²) in [4.78, 5) is 54.6. The predicted octanol–water partition coefficient (Wildman–Crippen LogP) is 5.86. The molecule has 0 heterocycles. The molecule has 0 aliphatic heterocycles.